The van der Waals surface area contributed by atoms with Gasteiger partial charge in [-0.25, -0.2) is 0 Å². The normalized spacial score (nSPS) is 13.4. The molecule has 0 aliphatic carbocycles. The molecule has 0 aromatic rings. The lowest BCUT2D eigenvalue weighted by Gasteiger charge is -2.18. The second-order valence-electron chi connectivity index (χ2n) is 19.5. The van der Waals surface area contributed by atoms with Gasteiger partial charge >= 0.3 is 17.9 Å². The number of rotatable bonds is 53. The van der Waals surface area contributed by atoms with Crippen molar-refractivity contribution in [1.82, 2.24) is 0 Å². The summed E-state index contributed by atoms with van der Waals surface area (Å²) >= 11 is 0. The summed E-state index contributed by atoms with van der Waals surface area (Å²) in [5.41, 5.74) is 0. The quantitative estimate of drug-likeness (QED) is 0.0261. The number of carbonyl (C=O) groups excluding carboxylic acids is 3. The maximum absolute atomic E-state index is 12.8. The first-order valence-electron chi connectivity index (χ1n) is 30.8. The molecule has 0 heterocycles. The molecule has 0 saturated heterocycles. The van der Waals surface area contributed by atoms with Crippen LogP contribution in [0.4, 0.5) is 0 Å². The van der Waals surface area contributed by atoms with Crippen LogP contribution in [-0.2, 0) is 28.6 Å². The Morgan fingerprint density at radius 3 is 0.821 bits per heavy atom. The molecule has 0 spiro atoms. The van der Waals surface area contributed by atoms with Gasteiger partial charge in [0.2, 0.25) is 0 Å². The van der Waals surface area contributed by atoms with E-state index in [9.17, 15) is 14.4 Å². The van der Waals surface area contributed by atoms with Crippen LogP contribution < -0.4 is 0 Å². The smallest absolute Gasteiger partial charge is 0.306 e. The van der Waals surface area contributed by atoms with Crippen molar-refractivity contribution in [2.24, 2.45) is 0 Å². The van der Waals surface area contributed by atoms with Gasteiger partial charge in [-0.05, 0) is 161 Å². The van der Waals surface area contributed by atoms with Gasteiger partial charge in [0, 0.05) is 19.3 Å². The molecule has 6 nitrogen and oxygen atoms in total. The van der Waals surface area contributed by atoms with Gasteiger partial charge in [0.05, 0.1) is 0 Å². The molecular formula is C72H110O6. The molecule has 0 radical (unpaired) electrons. The molecule has 0 aliphatic rings. The number of unbranched alkanes of at least 4 members (excludes halogenated alkanes) is 12. The Balaban J connectivity index is 4.42. The minimum absolute atomic E-state index is 0.121. The molecule has 6 heteroatoms. The minimum atomic E-state index is -0.831. The van der Waals surface area contributed by atoms with E-state index < -0.39 is 6.10 Å². The van der Waals surface area contributed by atoms with E-state index in [2.05, 4.69) is 203 Å². The molecule has 434 valence electrons. The average Bonchev–Trinajstić information content (AvgIpc) is 3.44. The minimum Gasteiger partial charge on any atom is -0.462 e. The Labute approximate surface area is 478 Å². The van der Waals surface area contributed by atoms with E-state index in [0.717, 1.165) is 148 Å². The molecule has 1 unspecified atom stereocenters. The molecule has 0 amide bonds. The largest absolute Gasteiger partial charge is 0.462 e. The second kappa shape index (κ2) is 64.0. The molecule has 0 aliphatic heterocycles. The average molecular weight is 1070 g/mol. The predicted octanol–water partition coefficient (Wildman–Crippen LogP) is 21.3. The van der Waals surface area contributed by atoms with Gasteiger partial charge in [-0.3, -0.25) is 14.4 Å². The van der Waals surface area contributed by atoms with Gasteiger partial charge in [-0.15, -0.1) is 0 Å². The van der Waals surface area contributed by atoms with Crippen LogP contribution in [-0.4, -0.2) is 37.2 Å². The molecule has 0 saturated carbocycles. The highest BCUT2D eigenvalue weighted by Crippen LogP contribution is 2.12. The fraction of sp³-hybridized carbons (Fsp3) is 0.542. The van der Waals surface area contributed by atoms with Crippen molar-refractivity contribution in [3.63, 3.8) is 0 Å². The highest BCUT2D eigenvalue weighted by molar-refractivity contribution is 5.71. The van der Waals surface area contributed by atoms with Crippen LogP contribution in [0.5, 0.6) is 0 Å². The van der Waals surface area contributed by atoms with Gasteiger partial charge in [-0.1, -0.05) is 235 Å². The van der Waals surface area contributed by atoms with Gasteiger partial charge in [-0.2, -0.15) is 0 Å². The van der Waals surface area contributed by atoms with Crippen LogP contribution in [0.2, 0.25) is 0 Å². The molecule has 0 rings (SSSR count). The summed E-state index contributed by atoms with van der Waals surface area (Å²) in [5.74, 6) is -1.03. The van der Waals surface area contributed by atoms with Gasteiger partial charge in [0.25, 0.3) is 0 Å². The van der Waals surface area contributed by atoms with Crippen LogP contribution in [0, 0.1) is 0 Å². The topological polar surface area (TPSA) is 78.9 Å². The van der Waals surface area contributed by atoms with E-state index in [4.69, 9.17) is 14.2 Å². The highest BCUT2D eigenvalue weighted by atomic mass is 16.6. The fourth-order valence-electron chi connectivity index (χ4n) is 7.57. The monoisotopic (exact) mass is 1070 g/mol. The summed E-state index contributed by atoms with van der Waals surface area (Å²) in [6, 6.07) is 0. The van der Waals surface area contributed by atoms with Crippen molar-refractivity contribution in [3.05, 3.63) is 182 Å². The summed E-state index contributed by atoms with van der Waals surface area (Å²) in [5, 5.41) is 0. The van der Waals surface area contributed by atoms with Crippen molar-refractivity contribution in [3.8, 4) is 0 Å². The standard InChI is InChI=1S/C72H110O6/c1-4-7-10-13-16-19-22-25-27-28-29-30-31-32-33-34-35-36-37-38-39-40-41-42-43-44-46-47-50-53-56-59-62-65-71(74)77-68-69(67-76-70(73)64-61-58-55-52-49-24-21-18-15-12-9-6-3)78-72(75)66-63-60-57-54-51-48-45-26-23-20-17-14-11-8-5-2/h7-8,10-11,16-21,25-27,29-30,32-33,35-36,38-39,41-42,44-46,50-51,53-54,69H,4-6,9,12-15,22-24,28,31,34,37,40,43,47-49,52,55-68H2,1-3H3/b10-7-,11-8-,19-16-,20-17-,21-18-,27-25-,30-29-,33-32-,36-35-,39-38-,42-41-,45-26-,46-44-,53-50-,54-51-. The summed E-state index contributed by atoms with van der Waals surface area (Å²) in [6.45, 7) is 6.28. The fourth-order valence-corrected chi connectivity index (χ4v) is 7.57. The summed E-state index contributed by atoms with van der Waals surface area (Å²) in [4.78, 5) is 38.1. The van der Waals surface area contributed by atoms with Crippen molar-refractivity contribution in [2.45, 2.75) is 239 Å². The maximum atomic E-state index is 12.8. The first-order valence-corrected chi connectivity index (χ1v) is 30.8. The number of hydrogen-bond acceptors (Lipinski definition) is 6. The Hall–Kier alpha value is -5.49. The Morgan fingerprint density at radius 2 is 0.500 bits per heavy atom. The van der Waals surface area contributed by atoms with E-state index in [1.165, 1.54) is 32.1 Å². The maximum Gasteiger partial charge on any atom is 0.306 e. The molecule has 0 aromatic heterocycles. The summed E-state index contributed by atoms with van der Waals surface area (Å²) in [6.07, 6.45) is 96.2. The van der Waals surface area contributed by atoms with Gasteiger partial charge < -0.3 is 14.2 Å². The molecule has 0 bridgehead atoms. The third-order valence-corrected chi connectivity index (χ3v) is 12.1. The van der Waals surface area contributed by atoms with Crippen LogP contribution in [0.1, 0.15) is 233 Å². The van der Waals surface area contributed by atoms with Gasteiger partial charge in [0.1, 0.15) is 13.2 Å². The van der Waals surface area contributed by atoms with Gasteiger partial charge in [0.15, 0.2) is 6.10 Å². The zero-order valence-electron chi connectivity index (χ0n) is 49.6. The molecule has 78 heavy (non-hydrogen) atoms. The SMILES string of the molecule is CC/C=C\C/C=C\C/C=C\C/C=C\C/C=C\C/C=C\C/C=C\C/C=C\C/C=C\C/C=C\CCCCC(=O)OCC(COC(=O)CCCCCCC/C=C\CCCCC)OC(=O)CCCC/C=C\C/C=C\C/C=C\C/C=C\CC. The molecule has 1 atom stereocenters. The Morgan fingerprint density at radius 1 is 0.269 bits per heavy atom. The second-order valence-corrected chi connectivity index (χ2v) is 19.5. The number of carbonyl (C=O) groups is 3. The van der Waals surface area contributed by atoms with Crippen LogP contribution >= 0.6 is 0 Å². The molecular weight excluding hydrogens is 961 g/mol. The third-order valence-electron chi connectivity index (χ3n) is 12.1. The molecule has 0 aromatic carbocycles. The lowest BCUT2D eigenvalue weighted by molar-refractivity contribution is -0.167. The van der Waals surface area contributed by atoms with Crippen LogP contribution in [0.25, 0.3) is 0 Å². The van der Waals surface area contributed by atoms with Crippen LogP contribution in [0.3, 0.4) is 0 Å². The lowest BCUT2D eigenvalue weighted by atomic mass is 10.1. The lowest BCUT2D eigenvalue weighted by Crippen LogP contribution is -2.30. The van der Waals surface area contributed by atoms with E-state index in [1.54, 1.807) is 0 Å². The summed E-state index contributed by atoms with van der Waals surface area (Å²) in [7, 11) is 0. The third kappa shape index (κ3) is 61.4. The van der Waals surface area contributed by atoms with E-state index >= 15 is 0 Å². The number of hydrogen-bond donors (Lipinski definition) is 0. The Kier molecular flexibility index (Phi) is 59.5. The van der Waals surface area contributed by atoms with Crippen LogP contribution in [0.15, 0.2) is 182 Å². The van der Waals surface area contributed by atoms with Crippen molar-refractivity contribution in [1.29, 1.82) is 0 Å². The first kappa shape index (κ1) is 72.5. The van der Waals surface area contributed by atoms with E-state index in [-0.39, 0.29) is 44.0 Å². The molecule has 0 fully saturated rings. The first-order chi connectivity index (χ1) is 38.5. The number of ether oxygens (including phenoxy) is 3. The van der Waals surface area contributed by atoms with Crippen molar-refractivity contribution >= 4 is 17.9 Å². The van der Waals surface area contributed by atoms with E-state index in [0.29, 0.717) is 19.3 Å². The highest BCUT2D eigenvalue weighted by Gasteiger charge is 2.19. The summed E-state index contributed by atoms with van der Waals surface area (Å²) < 4.78 is 16.8. The van der Waals surface area contributed by atoms with Crippen molar-refractivity contribution < 1.29 is 28.6 Å². The zero-order valence-corrected chi connectivity index (χ0v) is 49.6. The zero-order chi connectivity index (χ0) is 56.4. The van der Waals surface area contributed by atoms with Crippen molar-refractivity contribution in [2.75, 3.05) is 13.2 Å². The predicted molar refractivity (Wildman–Crippen MR) is 338 cm³/mol. The van der Waals surface area contributed by atoms with E-state index in [1.807, 2.05) is 0 Å². The Bertz CT molecular complexity index is 1850. The molecule has 0 N–H and O–H groups in total. The number of esters is 3. The number of allylic oxidation sites excluding steroid dienone is 30.